The minimum atomic E-state index is -0.787. The monoisotopic (exact) mass is 1070 g/mol. The van der Waals surface area contributed by atoms with Gasteiger partial charge in [-0.3, -0.25) is 14.4 Å². The van der Waals surface area contributed by atoms with Crippen molar-refractivity contribution < 1.29 is 28.6 Å². The average molecular weight is 1070 g/mol. The SMILES string of the molecule is CC/C=C\C/C=C\C/C=C\C/C=C\C/C=C\C/C=C\CCCCCCCCCCCCCCC(=O)OCC(COC(=O)CCCCCCC/C=C\CCCC)OC(=O)CCCCCCCCC/C=C\C/C=C\CCCCC. The number of esters is 3. The van der Waals surface area contributed by atoms with E-state index in [1.54, 1.807) is 0 Å². The molecule has 0 fully saturated rings. The molecule has 0 N–H and O–H groups in total. The number of rotatable bonds is 58. The molecule has 0 heterocycles. The third kappa shape index (κ3) is 62.8. The van der Waals surface area contributed by atoms with Gasteiger partial charge >= 0.3 is 17.9 Å². The zero-order valence-corrected chi connectivity index (χ0v) is 50.4. The number of hydrogen-bond donors (Lipinski definition) is 0. The largest absolute Gasteiger partial charge is 0.462 e. The molecule has 0 bridgehead atoms. The molecular formula is C71H120O6. The maximum absolute atomic E-state index is 12.9. The van der Waals surface area contributed by atoms with Gasteiger partial charge in [0.25, 0.3) is 0 Å². The van der Waals surface area contributed by atoms with Crippen LogP contribution in [0.1, 0.15) is 303 Å². The minimum Gasteiger partial charge on any atom is -0.462 e. The summed E-state index contributed by atoms with van der Waals surface area (Å²) in [6, 6.07) is 0. The van der Waals surface area contributed by atoms with Gasteiger partial charge in [0.1, 0.15) is 13.2 Å². The summed E-state index contributed by atoms with van der Waals surface area (Å²) in [4.78, 5) is 38.2. The predicted octanol–water partition coefficient (Wildman–Crippen LogP) is 22.2. The fourth-order valence-corrected chi connectivity index (χ4v) is 8.87. The molecule has 0 aromatic rings. The van der Waals surface area contributed by atoms with Crippen LogP contribution in [0.5, 0.6) is 0 Å². The Hall–Kier alpha value is -3.93. The molecule has 0 saturated carbocycles. The molecule has 0 radical (unpaired) electrons. The van der Waals surface area contributed by atoms with E-state index in [-0.39, 0.29) is 31.1 Å². The van der Waals surface area contributed by atoms with Crippen molar-refractivity contribution in [2.24, 2.45) is 0 Å². The molecule has 0 aromatic heterocycles. The van der Waals surface area contributed by atoms with E-state index in [9.17, 15) is 14.4 Å². The van der Waals surface area contributed by atoms with Gasteiger partial charge in [0.05, 0.1) is 0 Å². The van der Waals surface area contributed by atoms with Gasteiger partial charge in [-0.25, -0.2) is 0 Å². The van der Waals surface area contributed by atoms with Gasteiger partial charge in [-0.05, 0) is 122 Å². The molecule has 0 aliphatic carbocycles. The van der Waals surface area contributed by atoms with Crippen LogP contribution < -0.4 is 0 Å². The Labute approximate surface area is 476 Å². The van der Waals surface area contributed by atoms with Crippen LogP contribution in [0.15, 0.2) is 109 Å². The van der Waals surface area contributed by atoms with Crippen LogP contribution in [0.3, 0.4) is 0 Å². The van der Waals surface area contributed by atoms with Crippen molar-refractivity contribution in [2.75, 3.05) is 13.2 Å². The molecule has 6 nitrogen and oxygen atoms in total. The van der Waals surface area contributed by atoms with Gasteiger partial charge < -0.3 is 14.2 Å². The highest BCUT2D eigenvalue weighted by atomic mass is 16.6. The van der Waals surface area contributed by atoms with Crippen molar-refractivity contribution in [3.05, 3.63) is 109 Å². The van der Waals surface area contributed by atoms with Crippen molar-refractivity contribution in [2.45, 2.75) is 309 Å². The van der Waals surface area contributed by atoms with E-state index < -0.39 is 6.10 Å². The molecule has 0 saturated heterocycles. The Morgan fingerprint density at radius 3 is 0.844 bits per heavy atom. The number of ether oxygens (including phenoxy) is 3. The summed E-state index contributed by atoms with van der Waals surface area (Å²) >= 11 is 0. The van der Waals surface area contributed by atoms with Crippen LogP contribution in [0, 0.1) is 0 Å². The first-order chi connectivity index (χ1) is 38.0. The molecule has 0 rings (SSSR count). The van der Waals surface area contributed by atoms with Crippen LogP contribution in [0.2, 0.25) is 0 Å². The zero-order chi connectivity index (χ0) is 55.7. The molecule has 6 heteroatoms. The Kier molecular flexibility index (Phi) is 61.3. The maximum atomic E-state index is 12.9. The standard InChI is InChI=1S/C71H120O6/c1-4-7-10-13-16-19-22-24-26-28-29-30-31-32-33-34-35-36-37-38-39-40-41-43-44-46-49-52-55-58-61-64-70(73)76-67-68(66-75-69(72)63-60-57-54-51-48-21-18-15-12-9-6-3)77-71(74)65-62-59-56-53-50-47-45-42-27-25-23-20-17-14-11-8-5-2/h7,10,15-20,24-27,29-30,32-33,35-36,68H,4-6,8-9,11-14,21-23,28,31,34,37-67H2,1-3H3/b10-7-,18-15-,19-16-,20-17-,26-24-,27-25-,30-29-,33-32-,36-35-. The zero-order valence-electron chi connectivity index (χ0n) is 50.4. The average Bonchev–Trinajstić information content (AvgIpc) is 3.43. The first kappa shape index (κ1) is 73.1. The first-order valence-electron chi connectivity index (χ1n) is 32.4. The van der Waals surface area contributed by atoms with E-state index in [2.05, 4.69) is 130 Å². The molecule has 77 heavy (non-hydrogen) atoms. The van der Waals surface area contributed by atoms with Gasteiger partial charge in [-0.1, -0.05) is 271 Å². The summed E-state index contributed by atoms with van der Waals surface area (Å²) in [7, 11) is 0. The molecule has 1 atom stereocenters. The maximum Gasteiger partial charge on any atom is 0.306 e. The molecule has 0 aromatic carbocycles. The summed E-state index contributed by atoms with van der Waals surface area (Å²) in [5.41, 5.74) is 0. The second-order valence-electron chi connectivity index (χ2n) is 21.3. The minimum absolute atomic E-state index is 0.0842. The van der Waals surface area contributed by atoms with Gasteiger partial charge in [-0.15, -0.1) is 0 Å². The Morgan fingerprint density at radius 1 is 0.273 bits per heavy atom. The van der Waals surface area contributed by atoms with E-state index in [1.807, 2.05) is 0 Å². The number of carbonyl (C=O) groups is 3. The Bertz CT molecular complexity index is 1560. The van der Waals surface area contributed by atoms with Crippen LogP contribution in [-0.2, 0) is 28.6 Å². The summed E-state index contributed by atoms with van der Waals surface area (Å²) in [6.45, 7) is 6.46. The van der Waals surface area contributed by atoms with Crippen molar-refractivity contribution in [1.82, 2.24) is 0 Å². The smallest absolute Gasteiger partial charge is 0.306 e. The van der Waals surface area contributed by atoms with E-state index in [0.29, 0.717) is 19.3 Å². The number of allylic oxidation sites excluding steroid dienone is 18. The van der Waals surface area contributed by atoms with Gasteiger partial charge in [-0.2, -0.15) is 0 Å². The van der Waals surface area contributed by atoms with E-state index in [0.717, 1.165) is 116 Å². The van der Waals surface area contributed by atoms with Crippen LogP contribution >= 0.6 is 0 Å². The molecule has 440 valence electrons. The lowest BCUT2D eigenvalue weighted by atomic mass is 10.0. The third-order valence-corrected chi connectivity index (χ3v) is 13.7. The summed E-state index contributed by atoms with van der Waals surface area (Å²) in [6.07, 6.45) is 88.1. The predicted molar refractivity (Wildman–Crippen MR) is 334 cm³/mol. The Morgan fingerprint density at radius 2 is 0.519 bits per heavy atom. The quantitative estimate of drug-likeness (QED) is 0.0261. The molecular weight excluding hydrogens is 949 g/mol. The summed E-state index contributed by atoms with van der Waals surface area (Å²) in [5, 5.41) is 0. The second-order valence-corrected chi connectivity index (χ2v) is 21.3. The van der Waals surface area contributed by atoms with Gasteiger partial charge in [0.2, 0.25) is 0 Å². The molecule has 0 spiro atoms. The van der Waals surface area contributed by atoms with Gasteiger partial charge in [0, 0.05) is 19.3 Å². The highest BCUT2D eigenvalue weighted by Crippen LogP contribution is 2.16. The van der Waals surface area contributed by atoms with E-state index >= 15 is 0 Å². The summed E-state index contributed by atoms with van der Waals surface area (Å²) in [5.74, 6) is -0.897. The van der Waals surface area contributed by atoms with Crippen LogP contribution in [0.25, 0.3) is 0 Å². The van der Waals surface area contributed by atoms with E-state index in [4.69, 9.17) is 14.2 Å². The fourth-order valence-electron chi connectivity index (χ4n) is 8.87. The van der Waals surface area contributed by atoms with Crippen LogP contribution in [0.4, 0.5) is 0 Å². The van der Waals surface area contributed by atoms with Crippen molar-refractivity contribution in [1.29, 1.82) is 0 Å². The van der Waals surface area contributed by atoms with Gasteiger partial charge in [0.15, 0.2) is 6.10 Å². The van der Waals surface area contributed by atoms with E-state index in [1.165, 1.54) is 148 Å². The molecule has 0 amide bonds. The number of hydrogen-bond acceptors (Lipinski definition) is 6. The van der Waals surface area contributed by atoms with Crippen LogP contribution in [-0.4, -0.2) is 37.2 Å². The molecule has 0 aliphatic heterocycles. The fraction of sp³-hybridized carbons (Fsp3) is 0.704. The van der Waals surface area contributed by atoms with Crippen molar-refractivity contribution >= 4 is 17.9 Å². The topological polar surface area (TPSA) is 78.9 Å². The number of carbonyl (C=O) groups excluding carboxylic acids is 3. The second kappa shape index (κ2) is 64.6. The van der Waals surface area contributed by atoms with Crippen molar-refractivity contribution in [3.8, 4) is 0 Å². The normalized spacial score (nSPS) is 12.8. The highest BCUT2D eigenvalue weighted by molar-refractivity contribution is 5.71. The molecule has 1 unspecified atom stereocenters. The lowest BCUT2D eigenvalue weighted by Gasteiger charge is -2.18. The Balaban J connectivity index is 4.22. The molecule has 0 aliphatic rings. The lowest BCUT2D eigenvalue weighted by molar-refractivity contribution is -0.167. The summed E-state index contributed by atoms with van der Waals surface area (Å²) < 4.78 is 16.9. The lowest BCUT2D eigenvalue weighted by Crippen LogP contribution is -2.30. The third-order valence-electron chi connectivity index (χ3n) is 13.7. The number of unbranched alkanes of at least 4 members (excludes halogenated alkanes) is 29. The van der Waals surface area contributed by atoms with Crippen molar-refractivity contribution in [3.63, 3.8) is 0 Å². The first-order valence-corrected chi connectivity index (χ1v) is 32.4. The highest BCUT2D eigenvalue weighted by Gasteiger charge is 2.19.